The van der Waals surface area contributed by atoms with Gasteiger partial charge in [0.15, 0.2) is 0 Å². The molecule has 2 aliphatic rings. The van der Waals surface area contributed by atoms with Gasteiger partial charge >= 0.3 is 0 Å². The Labute approximate surface area is 112 Å². The molecule has 1 aliphatic carbocycles. The summed E-state index contributed by atoms with van der Waals surface area (Å²) in [6.45, 7) is 3.52. The molecule has 19 heavy (non-hydrogen) atoms. The second kappa shape index (κ2) is 4.02. The van der Waals surface area contributed by atoms with Crippen LogP contribution < -0.4 is 0 Å². The van der Waals surface area contributed by atoms with E-state index < -0.39 is 21.8 Å². The fourth-order valence-corrected chi connectivity index (χ4v) is 3.64. The van der Waals surface area contributed by atoms with Gasteiger partial charge in [-0.2, -0.15) is 8.42 Å². The smallest absolute Gasteiger partial charge is 0.297 e. The summed E-state index contributed by atoms with van der Waals surface area (Å²) in [6, 6.07) is 6.47. The highest BCUT2D eigenvalue weighted by Gasteiger charge is 2.64. The van der Waals surface area contributed by atoms with Crippen molar-refractivity contribution in [3.8, 4) is 0 Å². The molecule has 1 aromatic rings. The molecule has 0 radical (unpaired) electrons. The van der Waals surface area contributed by atoms with Crippen molar-refractivity contribution < 1.29 is 22.4 Å². The summed E-state index contributed by atoms with van der Waals surface area (Å²) in [4.78, 5) is 0.127. The van der Waals surface area contributed by atoms with Gasteiger partial charge in [0, 0.05) is 6.42 Å². The Hall–Kier alpha value is -0.950. The van der Waals surface area contributed by atoms with E-state index >= 15 is 0 Å². The number of fused-ring (bicyclic) bond motifs is 1. The van der Waals surface area contributed by atoms with Gasteiger partial charge in [0.05, 0.1) is 10.5 Å². The van der Waals surface area contributed by atoms with Crippen LogP contribution in [-0.4, -0.2) is 37.4 Å². The zero-order chi connectivity index (χ0) is 13.8. The molecule has 0 unspecified atom stereocenters. The van der Waals surface area contributed by atoms with Crippen LogP contribution in [0.4, 0.5) is 0 Å². The lowest BCUT2D eigenvalue weighted by molar-refractivity contribution is -0.00842. The monoisotopic (exact) mass is 284 g/mol. The lowest BCUT2D eigenvalue weighted by atomic mass is 10.1. The van der Waals surface area contributed by atoms with E-state index in [1.54, 1.807) is 19.1 Å². The van der Waals surface area contributed by atoms with Gasteiger partial charge < -0.3 is 9.84 Å². The van der Waals surface area contributed by atoms with Gasteiger partial charge in [-0.1, -0.05) is 17.7 Å². The van der Waals surface area contributed by atoms with Crippen LogP contribution in [0.2, 0.25) is 0 Å². The molecule has 4 atom stereocenters. The van der Waals surface area contributed by atoms with Gasteiger partial charge in [0.2, 0.25) is 0 Å². The molecule has 1 heterocycles. The molecule has 0 bridgehead atoms. The van der Waals surface area contributed by atoms with Gasteiger partial charge in [-0.05, 0) is 26.0 Å². The summed E-state index contributed by atoms with van der Waals surface area (Å²) in [6.07, 6.45) is -0.944. The molecule has 6 heteroatoms. The Morgan fingerprint density at radius 1 is 1.37 bits per heavy atom. The number of hydrogen-bond donors (Lipinski definition) is 1. The minimum absolute atomic E-state index is 0.127. The summed E-state index contributed by atoms with van der Waals surface area (Å²) in [5.74, 6) is 0. The van der Waals surface area contributed by atoms with Crippen molar-refractivity contribution in [2.24, 2.45) is 0 Å². The zero-order valence-corrected chi connectivity index (χ0v) is 11.6. The molecule has 0 amide bonds. The first-order chi connectivity index (χ1) is 8.79. The van der Waals surface area contributed by atoms with Crippen molar-refractivity contribution in [2.45, 2.75) is 49.1 Å². The molecule has 1 aromatic carbocycles. The van der Waals surface area contributed by atoms with E-state index in [1.165, 1.54) is 12.1 Å². The largest absolute Gasteiger partial charge is 0.387 e. The van der Waals surface area contributed by atoms with Crippen molar-refractivity contribution in [1.29, 1.82) is 0 Å². The Morgan fingerprint density at radius 3 is 2.47 bits per heavy atom. The number of aryl methyl sites for hydroxylation is 1. The highest BCUT2D eigenvalue weighted by Crippen LogP contribution is 2.47. The molecule has 1 aliphatic heterocycles. The molecule has 1 saturated heterocycles. The first-order valence-corrected chi connectivity index (χ1v) is 7.58. The average Bonchev–Trinajstić information content (AvgIpc) is 3.04. The third-order valence-electron chi connectivity index (χ3n) is 3.68. The first-order valence-electron chi connectivity index (χ1n) is 6.17. The van der Waals surface area contributed by atoms with Crippen molar-refractivity contribution in [3.05, 3.63) is 29.8 Å². The summed E-state index contributed by atoms with van der Waals surface area (Å²) < 4.78 is 34.7. The predicted molar refractivity (Wildman–Crippen MR) is 67.1 cm³/mol. The SMILES string of the molecule is Cc1ccc(S(=O)(=O)O[C@H]2C[C@@](C)(O)[C@H]3O[C@@H]23)cc1. The van der Waals surface area contributed by atoms with E-state index in [-0.39, 0.29) is 23.5 Å². The topological polar surface area (TPSA) is 76.1 Å². The fraction of sp³-hybridized carbons (Fsp3) is 0.538. The molecular weight excluding hydrogens is 268 g/mol. The second-order valence-electron chi connectivity index (χ2n) is 5.48. The second-order valence-corrected chi connectivity index (χ2v) is 7.06. The van der Waals surface area contributed by atoms with Gasteiger partial charge in [-0.3, -0.25) is 4.18 Å². The van der Waals surface area contributed by atoms with Crippen molar-refractivity contribution in [2.75, 3.05) is 0 Å². The maximum atomic E-state index is 12.1. The van der Waals surface area contributed by atoms with E-state index in [0.717, 1.165) is 5.56 Å². The van der Waals surface area contributed by atoms with Crippen LogP contribution in [0.5, 0.6) is 0 Å². The third kappa shape index (κ3) is 2.29. The van der Waals surface area contributed by atoms with Crippen LogP contribution in [0.3, 0.4) is 0 Å². The molecule has 0 aromatic heterocycles. The lowest BCUT2D eigenvalue weighted by Gasteiger charge is -2.20. The van der Waals surface area contributed by atoms with E-state index in [4.69, 9.17) is 8.92 Å². The Morgan fingerprint density at radius 2 is 2.00 bits per heavy atom. The minimum Gasteiger partial charge on any atom is -0.387 e. The molecule has 1 N–H and O–H groups in total. The molecule has 3 rings (SSSR count). The molecule has 0 spiro atoms. The predicted octanol–water partition coefficient (Wildman–Crippen LogP) is 0.991. The summed E-state index contributed by atoms with van der Waals surface area (Å²) in [5, 5.41) is 9.98. The van der Waals surface area contributed by atoms with Crippen LogP contribution >= 0.6 is 0 Å². The van der Waals surface area contributed by atoms with Crippen LogP contribution in [-0.2, 0) is 19.0 Å². The van der Waals surface area contributed by atoms with Gasteiger partial charge in [0.1, 0.15) is 18.3 Å². The molecule has 104 valence electrons. The Bertz CT molecular complexity index is 590. The van der Waals surface area contributed by atoms with Gasteiger partial charge in [-0.25, -0.2) is 0 Å². The molecule has 1 saturated carbocycles. The van der Waals surface area contributed by atoms with E-state index in [2.05, 4.69) is 0 Å². The number of hydrogen-bond acceptors (Lipinski definition) is 5. The number of epoxide rings is 1. The number of rotatable bonds is 3. The zero-order valence-electron chi connectivity index (χ0n) is 10.7. The van der Waals surface area contributed by atoms with Crippen LogP contribution in [0, 0.1) is 6.92 Å². The van der Waals surface area contributed by atoms with Crippen LogP contribution in [0.15, 0.2) is 29.2 Å². The first kappa shape index (κ1) is 13.1. The quantitative estimate of drug-likeness (QED) is 0.661. The van der Waals surface area contributed by atoms with Crippen molar-refractivity contribution in [1.82, 2.24) is 0 Å². The number of ether oxygens (including phenoxy) is 1. The Balaban J connectivity index is 1.78. The highest BCUT2D eigenvalue weighted by atomic mass is 32.2. The van der Waals surface area contributed by atoms with Gasteiger partial charge in [-0.15, -0.1) is 0 Å². The average molecular weight is 284 g/mol. The van der Waals surface area contributed by atoms with Crippen molar-refractivity contribution >= 4 is 10.1 Å². The fourth-order valence-electron chi connectivity index (χ4n) is 2.56. The standard InChI is InChI=1S/C13H16O5S/c1-8-3-5-9(6-4-8)19(15,16)18-10-7-13(2,14)12-11(10)17-12/h3-6,10-12,14H,7H2,1-2H3/t10-,11-,12-,13+/m0/s1. The maximum Gasteiger partial charge on any atom is 0.297 e. The number of aliphatic hydroxyl groups is 1. The van der Waals surface area contributed by atoms with Crippen molar-refractivity contribution in [3.63, 3.8) is 0 Å². The minimum atomic E-state index is -3.81. The maximum absolute atomic E-state index is 12.1. The normalized spacial score (nSPS) is 37.1. The number of benzene rings is 1. The third-order valence-corrected chi connectivity index (χ3v) is 5.03. The summed E-state index contributed by atoms with van der Waals surface area (Å²) in [7, 11) is -3.81. The summed E-state index contributed by atoms with van der Waals surface area (Å²) in [5.41, 5.74) is -0.0219. The van der Waals surface area contributed by atoms with Crippen LogP contribution in [0.1, 0.15) is 18.9 Å². The highest BCUT2D eigenvalue weighted by molar-refractivity contribution is 7.86. The molecular formula is C13H16O5S. The van der Waals surface area contributed by atoms with E-state index in [1.807, 2.05) is 6.92 Å². The molecule has 2 fully saturated rings. The Kier molecular flexibility index (Phi) is 2.76. The summed E-state index contributed by atoms with van der Waals surface area (Å²) >= 11 is 0. The van der Waals surface area contributed by atoms with E-state index in [9.17, 15) is 13.5 Å². The lowest BCUT2D eigenvalue weighted by Crippen LogP contribution is -2.30. The van der Waals surface area contributed by atoms with Crippen LogP contribution in [0.25, 0.3) is 0 Å². The molecule has 5 nitrogen and oxygen atoms in total. The van der Waals surface area contributed by atoms with Gasteiger partial charge in [0.25, 0.3) is 10.1 Å². The van der Waals surface area contributed by atoms with E-state index in [0.29, 0.717) is 0 Å².